The Hall–Kier alpha value is -1.73. The van der Waals surface area contributed by atoms with Gasteiger partial charge < -0.3 is 4.90 Å². The Kier molecular flexibility index (Phi) is 7.98. The van der Waals surface area contributed by atoms with Crippen molar-refractivity contribution in [2.45, 2.75) is 60.4 Å². The number of hydrogen-bond donors (Lipinski definition) is 0. The third-order valence-electron chi connectivity index (χ3n) is 4.83. The van der Waals surface area contributed by atoms with Gasteiger partial charge in [0.05, 0.1) is 5.69 Å². The van der Waals surface area contributed by atoms with Crippen LogP contribution in [0.15, 0.2) is 30.3 Å². The van der Waals surface area contributed by atoms with Crippen LogP contribution < -0.4 is 15.3 Å². The molecule has 27 heavy (non-hydrogen) atoms. The molecule has 0 spiro atoms. The molecule has 2 rings (SSSR count). The molecule has 1 unspecified atom stereocenters. The standard InChI is InChI=1S/C23H34N3P/c1-7-8-14-19-20(16(2)3)21(22(27)17(4)5)23(25-24-19)26(6)15-18-12-10-9-11-13-18/h9-13,17H,7-8,14-15,27H2,1-6H3/b22-21-. The lowest BCUT2D eigenvalue weighted by Gasteiger charge is -2.21. The van der Waals surface area contributed by atoms with Gasteiger partial charge in [0.2, 0.25) is 0 Å². The topological polar surface area (TPSA) is 29.0 Å². The first-order chi connectivity index (χ1) is 12.9. The third kappa shape index (κ3) is 5.39. The number of nitrogens with zero attached hydrogens (tertiary/aromatic N) is 3. The second-order valence-corrected chi connectivity index (χ2v) is 8.40. The molecule has 146 valence electrons. The molecule has 4 heteroatoms. The lowest BCUT2D eigenvalue weighted by atomic mass is 10.0. The highest BCUT2D eigenvalue weighted by atomic mass is 31.0. The Morgan fingerprint density at radius 3 is 2.30 bits per heavy atom. The van der Waals surface area contributed by atoms with Crippen LogP contribution in [0.2, 0.25) is 0 Å². The van der Waals surface area contributed by atoms with Crippen molar-refractivity contribution < 1.29 is 0 Å². The van der Waals surface area contributed by atoms with Crippen LogP contribution >= 0.6 is 9.24 Å². The molecule has 0 amide bonds. The molecule has 1 aromatic heterocycles. The molecule has 0 N–H and O–H groups in total. The van der Waals surface area contributed by atoms with Crippen molar-refractivity contribution in [3.8, 4) is 0 Å². The highest BCUT2D eigenvalue weighted by Crippen LogP contribution is 2.19. The number of anilines is 1. The number of rotatable bonds is 7. The first-order valence-electron chi connectivity index (χ1n) is 9.94. The van der Waals surface area contributed by atoms with E-state index in [1.807, 2.05) is 0 Å². The van der Waals surface area contributed by atoms with E-state index in [1.54, 1.807) is 0 Å². The number of hydrogen-bond acceptors (Lipinski definition) is 3. The van der Waals surface area contributed by atoms with Crippen molar-refractivity contribution in [1.82, 2.24) is 10.2 Å². The van der Waals surface area contributed by atoms with Crippen molar-refractivity contribution in [3.63, 3.8) is 0 Å². The minimum Gasteiger partial charge on any atom is -0.353 e. The lowest BCUT2D eigenvalue weighted by molar-refractivity contribution is 0.742. The summed E-state index contributed by atoms with van der Waals surface area (Å²) in [6.07, 6.45) is 3.29. The molecule has 0 saturated carbocycles. The molecule has 0 aliphatic carbocycles. The van der Waals surface area contributed by atoms with Crippen LogP contribution in [0, 0.1) is 5.92 Å². The van der Waals surface area contributed by atoms with Gasteiger partial charge in [0, 0.05) is 24.0 Å². The summed E-state index contributed by atoms with van der Waals surface area (Å²) in [6, 6.07) is 10.5. The van der Waals surface area contributed by atoms with Gasteiger partial charge in [-0.05, 0) is 43.5 Å². The van der Waals surface area contributed by atoms with Gasteiger partial charge in [0.1, 0.15) is 0 Å². The summed E-state index contributed by atoms with van der Waals surface area (Å²) in [5, 5.41) is 13.2. The number of benzene rings is 1. The minimum absolute atomic E-state index is 0.431. The van der Waals surface area contributed by atoms with Crippen LogP contribution in [-0.2, 0) is 13.0 Å². The molecule has 3 nitrogen and oxygen atoms in total. The van der Waals surface area contributed by atoms with Gasteiger partial charge in [-0.25, -0.2) is 0 Å². The van der Waals surface area contributed by atoms with Gasteiger partial charge in [-0.1, -0.05) is 63.1 Å². The Morgan fingerprint density at radius 1 is 1.07 bits per heavy atom. The van der Waals surface area contributed by atoms with Gasteiger partial charge in [0.25, 0.3) is 0 Å². The maximum absolute atomic E-state index is 4.70. The number of aromatic nitrogens is 2. The monoisotopic (exact) mass is 383 g/mol. The van der Waals surface area contributed by atoms with E-state index in [0.717, 1.165) is 37.3 Å². The zero-order valence-corrected chi connectivity index (χ0v) is 18.9. The van der Waals surface area contributed by atoms with Gasteiger partial charge in [-0.15, -0.1) is 14.3 Å². The quantitative estimate of drug-likeness (QED) is 0.668. The summed E-state index contributed by atoms with van der Waals surface area (Å²) >= 11 is 0. The van der Waals surface area contributed by atoms with E-state index in [0.29, 0.717) is 5.92 Å². The lowest BCUT2D eigenvalue weighted by Crippen LogP contribution is -2.40. The maximum Gasteiger partial charge on any atom is 0.159 e. The van der Waals surface area contributed by atoms with Gasteiger partial charge in [-0.3, -0.25) is 0 Å². The van der Waals surface area contributed by atoms with Crippen LogP contribution in [0.4, 0.5) is 5.82 Å². The summed E-state index contributed by atoms with van der Waals surface area (Å²) in [4.78, 5) is 2.22. The van der Waals surface area contributed by atoms with Crippen molar-refractivity contribution >= 4 is 25.9 Å². The van der Waals surface area contributed by atoms with Gasteiger partial charge in [0.15, 0.2) is 5.82 Å². The molecule has 0 radical (unpaired) electrons. The first kappa shape index (κ1) is 21.6. The van der Waals surface area contributed by atoms with E-state index in [9.17, 15) is 0 Å². The van der Waals surface area contributed by atoms with Crippen LogP contribution in [-0.4, -0.2) is 17.2 Å². The van der Waals surface area contributed by atoms with Gasteiger partial charge >= 0.3 is 0 Å². The Balaban J connectivity index is 2.70. The number of aryl methyl sites for hydroxylation is 1. The average molecular weight is 384 g/mol. The predicted octanol–water partition coefficient (Wildman–Crippen LogP) is 4.29. The highest BCUT2D eigenvalue weighted by molar-refractivity contribution is 7.30. The van der Waals surface area contributed by atoms with E-state index in [4.69, 9.17) is 5.10 Å². The number of unbranched alkanes of at least 4 members (excludes halogenated alkanes) is 1. The molecule has 0 bridgehead atoms. The second kappa shape index (κ2) is 9.99. The third-order valence-corrected chi connectivity index (χ3v) is 5.78. The molecule has 1 aromatic carbocycles. The first-order valence-corrected chi connectivity index (χ1v) is 10.5. The van der Waals surface area contributed by atoms with Crippen molar-refractivity contribution in [1.29, 1.82) is 0 Å². The Morgan fingerprint density at radius 2 is 1.74 bits per heavy atom. The van der Waals surface area contributed by atoms with E-state index in [1.165, 1.54) is 26.9 Å². The fourth-order valence-corrected chi connectivity index (χ4v) is 3.56. The van der Waals surface area contributed by atoms with Crippen molar-refractivity contribution in [2.24, 2.45) is 5.92 Å². The van der Waals surface area contributed by atoms with E-state index in [-0.39, 0.29) is 0 Å². The smallest absolute Gasteiger partial charge is 0.159 e. The SMILES string of the molecule is CCCCc1nnc(N(C)Cc2ccccc2)/c(=C(\P)C(C)C)c1=C(C)C. The summed E-state index contributed by atoms with van der Waals surface area (Å²) in [5.74, 6) is 1.40. The normalized spacial score (nSPS) is 12.3. The zero-order valence-electron chi connectivity index (χ0n) is 17.7. The molecule has 1 atom stereocenters. The van der Waals surface area contributed by atoms with E-state index in [2.05, 4.69) is 91.2 Å². The molecular formula is C23H34N3P. The summed E-state index contributed by atoms with van der Waals surface area (Å²) in [6.45, 7) is 11.9. The molecule has 0 aliphatic rings. The van der Waals surface area contributed by atoms with E-state index >= 15 is 0 Å². The molecule has 2 aromatic rings. The van der Waals surface area contributed by atoms with Gasteiger partial charge in [-0.2, -0.15) is 5.10 Å². The molecule has 0 aliphatic heterocycles. The van der Waals surface area contributed by atoms with Crippen molar-refractivity contribution in [2.75, 3.05) is 11.9 Å². The second-order valence-electron chi connectivity index (χ2n) is 7.78. The maximum atomic E-state index is 4.70. The van der Waals surface area contributed by atoms with Crippen LogP contribution in [0.25, 0.3) is 10.9 Å². The largest absolute Gasteiger partial charge is 0.353 e. The van der Waals surface area contributed by atoms with Crippen molar-refractivity contribution in [3.05, 3.63) is 52.0 Å². The fourth-order valence-electron chi connectivity index (χ4n) is 3.28. The molecule has 1 heterocycles. The fraction of sp³-hybridized carbons (Fsp3) is 0.478. The van der Waals surface area contributed by atoms with E-state index < -0.39 is 0 Å². The van der Waals surface area contributed by atoms with Crippen LogP contribution in [0.1, 0.15) is 58.7 Å². The highest BCUT2D eigenvalue weighted by Gasteiger charge is 2.15. The molecule has 0 fully saturated rings. The Labute approximate surface area is 166 Å². The summed E-state index contributed by atoms with van der Waals surface area (Å²) in [5.41, 5.74) is 3.71. The van der Waals surface area contributed by atoms with Crippen LogP contribution in [0.5, 0.6) is 0 Å². The predicted molar refractivity (Wildman–Crippen MR) is 121 cm³/mol. The molecular weight excluding hydrogens is 349 g/mol. The van der Waals surface area contributed by atoms with Crippen LogP contribution in [0.3, 0.4) is 0 Å². The summed E-state index contributed by atoms with van der Waals surface area (Å²) < 4.78 is 0. The average Bonchev–Trinajstić information content (AvgIpc) is 2.65. The Bertz CT molecular complexity index is 868. The zero-order chi connectivity index (χ0) is 20.0. The summed E-state index contributed by atoms with van der Waals surface area (Å²) in [7, 11) is 5.09. The minimum atomic E-state index is 0.431. The molecule has 0 saturated heterocycles.